The Hall–Kier alpha value is -3.65. The number of benzene rings is 3. The number of nitrogens with zero attached hydrogens (tertiary/aromatic N) is 1. The Bertz CT molecular complexity index is 1250. The van der Waals surface area contributed by atoms with Gasteiger partial charge in [-0.2, -0.15) is 13.2 Å². The van der Waals surface area contributed by atoms with Crippen LogP contribution >= 0.6 is 11.3 Å². The molecule has 2 N–H and O–H groups in total. The summed E-state index contributed by atoms with van der Waals surface area (Å²) in [7, 11) is 0. The second kappa shape index (κ2) is 10.1. The Morgan fingerprint density at radius 2 is 1.68 bits per heavy atom. The van der Waals surface area contributed by atoms with Gasteiger partial charge >= 0.3 is 6.18 Å². The van der Waals surface area contributed by atoms with Gasteiger partial charge in [0, 0.05) is 35.3 Å². The summed E-state index contributed by atoms with van der Waals surface area (Å²) in [6, 6.07) is 17.5. The summed E-state index contributed by atoms with van der Waals surface area (Å²) in [6.45, 7) is 2.61. The number of hydrogen-bond donors (Lipinski definition) is 2. The van der Waals surface area contributed by atoms with Gasteiger partial charge in [-0.25, -0.2) is 4.98 Å². The molecule has 3 aromatic carbocycles. The zero-order valence-corrected chi connectivity index (χ0v) is 19.1. The molecule has 4 rings (SSSR count). The fourth-order valence-corrected chi connectivity index (χ4v) is 4.10. The monoisotopic (exact) mass is 481 g/mol. The highest BCUT2D eigenvalue weighted by molar-refractivity contribution is 7.07. The lowest BCUT2D eigenvalue weighted by atomic mass is 9.96. The lowest BCUT2D eigenvalue weighted by Crippen LogP contribution is -2.13. The van der Waals surface area contributed by atoms with Gasteiger partial charge in [0.25, 0.3) is 5.91 Å². The van der Waals surface area contributed by atoms with Crippen LogP contribution in [-0.2, 0) is 12.6 Å². The summed E-state index contributed by atoms with van der Waals surface area (Å²) in [6.07, 6.45) is -3.59. The number of alkyl halides is 3. The molecule has 0 bridgehead atoms. The first-order valence-electron chi connectivity index (χ1n) is 10.6. The fraction of sp³-hybridized carbons (Fsp3) is 0.154. The van der Waals surface area contributed by atoms with E-state index in [1.54, 1.807) is 35.6 Å². The molecular formula is C26H22F3N3OS. The van der Waals surface area contributed by atoms with Crippen LogP contribution in [0.2, 0.25) is 0 Å². The third-order valence-corrected chi connectivity index (χ3v) is 5.91. The molecule has 0 spiro atoms. The number of rotatable bonds is 7. The second-order valence-corrected chi connectivity index (χ2v) is 8.53. The van der Waals surface area contributed by atoms with Crippen molar-refractivity contribution in [1.29, 1.82) is 0 Å². The van der Waals surface area contributed by atoms with Crippen molar-refractivity contribution in [2.75, 3.05) is 17.2 Å². The molecular weight excluding hydrogens is 459 g/mol. The average molecular weight is 482 g/mol. The van der Waals surface area contributed by atoms with E-state index in [0.717, 1.165) is 42.0 Å². The zero-order valence-electron chi connectivity index (χ0n) is 18.3. The molecule has 1 aromatic heterocycles. The van der Waals surface area contributed by atoms with E-state index in [9.17, 15) is 18.0 Å². The van der Waals surface area contributed by atoms with Gasteiger partial charge in [0.2, 0.25) is 0 Å². The van der Waals surface area contributed by atoms with Crippen molar-refractivity contribution < 1.29 is 18.0 Å². The van der Waals surface area contributed by atoms with Crippen molar-refractivity contribution in [3.63, 3.8) is 0 Å². The minimum absolute atomic E-state index is 0.331. The van der Waals surface area contributed by atoms with E-state index in [1.807, 2.05) is 36.0 Å². The topological polar surface area (TPSA) is 54.0 Å². The SMILES string of the molecule is Cc1ccc(-c2ccc(C(F)(F)F)cc2)c(C(=O)Nc2ccc(NCCc3cscn3)cc2)c1. The molecule has 0 aliphatic heterocycles. The first kappa shape index (κ1) is 23.5. The maximum atomic E-state index is 13.1. The summed E-state index contributed by atoms with van der Waals surface area (Å²) >= 11 is 1.57. The Kier molecular flexibility index (Phi) is 6.98. The highest BCUT2D eigenvalue weighted by atomic mass is 32.1. The van der Waals surface area contributed by atoms with Crippen LogP contribution in [0.15, 0.2) is 77.6 Å². The Balaban J connectivity index is 1.46. The predicted molar refractivity (Wildman–Crippen MR) is 130 cm³/mol. The number of anilines is 2. The second-order valence-electron chi connectivity index (χ2n) is 7.81. The molecule has 1 amide bonds. The number of carbonyl (C=O) groups excluding carboxylic acids is 1. The van der Waals surface area contributed by atoms with E-state index in [4.69, 9.17) is 0 Å². The Labute approximate surface area is 199 Å². The van der Waals surface area contributed by atoms with Crippen molar-refractivity contribution in [1.82, 2.24) is 4.98 Å². The molecule has 4 nitrogen and oxygen atoms in total. The van der Waals surface area contributed by atoms with Crippen molar-refractivity contribution in [2.24, 2.45) is 0 Å². The molecule has 174 valence electrons. The highest BCUT2D eigenvalue weighted by Crippen LogP contribution is 2.32. The van der Waals surface area contributed by atoms with E-state index >= 15 is 0 Å². The van der Waals surface area contributed by atoms with Crippen LogP contribution in [0.25, 0.3) is 11.1 Å². The molecule has 0 atom stereocenters. The third kappa shape index (κ3) is 5.82. The fourth-order valence-electron chi connectivity index (χ4n) is 3.50. The zero-order chi connectivity index (χ0) is 24.1. The minimum atomic E-state index is -4.41. The average Bonchev–Trinajstić information content (AvgIpc) is 3.33. The Morgan fingerprint density at radius 1 is 0.971 bits per heavy atom. The predicted octanol–water partition coefficient (Wildman–Crippen LogP) is 7.04. The maximum absolute atomic E-state index is 13.1. The minimum Gasteiger partial charge on any atom is -0.385 e. The smallest absolute Gasteiger partial charge is 0.385 e. The first-order valence-corrected chi connectivity index (χ1v) is 11.5. The lowest BCUT2D eigenvalue weighted by Gasteiger charge is -2.13. The molecule has 8 heteroatoms. The van der Waals surface area contributed by atoms with Crippen molar-refractivity contribution >= 4 is 28.6 Å². The number of halogens is 3. The van der Waals surface area contributed by atoms with Gasteiger partial charge in [-0.3, -0.25) is 4.79 Å². The molecule has 0 saturated carbocycles. The molecule has 34 heavy (non-hydrogen) atoms. The molecule has 1 heterocycles. The van der Waals surface area contributed by atoms with Crippen molar-refractivity contribution in [2.45, 2.75) is 19.5 Å². The summed E-state index contributed by atoms with van der Waals surface area (Å²) in [5, 5.41) is 8.22. The van der Waals surface area contributed by atoms with Gasteiger partial charge in [0.05, 0.1) is 16.8 Å². The van der Waals surface area contributed by atoms with E-state index in [1.165, 1.54) is 12.1 Å². The van der Waals surface area contributed by atoms with Crippen LogP contribution in [-0.4, -0.2) is 17.4 Å². The quantitative estimate of drug-likeness (QED) is 0.298. The molecule has 0 fully saturated rings. The van der Waals surface area contributed by atoms with Crippen molar-refractivity contribution in [3.05, 3.63) is 100 Å². The maximum Gasteiger partial charge on any atom is 0.416 e. The summed E-state index contributed by atoms with van der Waals surface area (Å²) in [5.41, 5.74) is 6.05. The largest absolute Gasteiger partial charge is 0.416 e. The van der Waals surface area contributed by atoms with E-state index in [0.29, 0.717) is 22.4 Å². The van der Waals surface area contributed by atoms with Crippen LogP contribution in [0.4, 0.5) is 24.5 Å². The summed E-state index contributed by atoms with van der Waals surface area (Å²) in [4.78, 5) is 17.3. The summed E-state index contributed by atoms with van der Waals surface area (Å²) < 4.78 is 38.7. The van der Waals surface area contributed by atoms with Crippen LogP contribution in [0.1, 0.15) is 27.2 Å². The summed E-state index contributed by atoms with van der Waals surface area (Å²) in [5.74, 6) is -0.331. The van der Waals surface area contributed by atoms with E-state index in [-0.39, 0.29) is 5.91 Å². The van der Waals surface area contributed by atoms with Crippen LogP contribution in [0.5, 0.6) is 0 Å². The van der Waals surface area contributed by atoms with Gasteiger partial charge in [-0.15, -0.1) is 11.3 Å². The molecule has 0 unspecified atom stereocenters. The van der Waals surface area contributed by atoms with Gasteiger partial charge in [-0.05, 0) is 60.5 Å². The van der Waals surface area contributed by atoms with Gasteiger partial charge < -0.3 is 10.6 Å². The number of thiazole rings is 1. The number of nitrogens with one attached hydrogen (secondary N) is 2. The number of aryl methyl sites for hydroxylation is 1. The molecule has 0 aliphatic carbocycles. The third-order valence-electron chi connectivity index (χ3n) is 5.28. The van der Waals surface area contributed by atoms with Crippen LogP contribution < -0.4 is 10.6 Å². The van der Waals surface area contributed by atoms with E-state index in [2.05, 4.69) is 15.6 Å². The standard InChI is InChI=1S/C26H22F3N3OS/c1-17-2-11-23(18-3-5-19(6-4-18)26(27,28)29)24(14-17)25(33)32-21-9-7-20(8-10-21)30-13-12-22-15-34-16-31-22/h2-11,14-16,30H,12-13H2,1H3,(H,32,33). The first-order chi connectivity index (χ1) is 16.3. The molecule has 0 aliphatic rings. The van der Waals surface area contributed by atoms with Gasteiger partial charge in [0.15, 0.2) is 0 Å². The number of carbonyl (C=O) groups is 1. The normalized spacial score (nSPS) is 11.3. The van der Waals surface area contributed by atoms with Gasteiger partial charge in [0.1, 0.15) is 0 Å². The van der Waals surface area contributed by atoms with E-state index < -0.39 is 11.7 Å². The Morgan fingerprint density at radius 3 is 2.32 bits per heavy atom. The molecule has 4 aromatic rings. The number of hydrogen-bond acceptors (Lipinski definition) is 4. The lowest BCUT2D eigenvalue weighted by molar-refractivity contribution is -0.137. The van der Waals surface area contributed by atoms with Crippen LogP contribution in [0, 0.1) is 6.92 Å². The van der Waals surface area contributed by atoms with Gasteiger partial charge in [-0.1, -0.05) is 29.8 Å². The van der Waals surface area contributed by atoms with Crippen molar-refractivity contribution in [3.8, 4) is 11.1 Å². The molecule has 0 radical (unpaired) electrons. The van der Waals surface area contributed by atoms with Crippen LogP contribution in [0.3, 0.4) is 0 Å². The number of aromatic nitrogens is 1. The molecule has 0 saturated heterocycles. The number of amides is 1. The highest BCUT2D eigenvalue weighted by Gasteiger charge is 2.30.